The average molecular weight is 1930 g/mol. The van der Waals surface area contributed by atoms with Crippen molar-refractivity contribution in [3.8, 4) is 0 Å². The Morgan fingerprint density at radius 1 is 0.409 bits per heavy atom. The van der Waals surface area contributed by atoms with Crippen molar-refractivity contribution in [2.75, 3.05) is 74.8 Å². The van der Waals surface area contributed by atoms with E-state index in [1.165, 1.54) is 71.2 Å². The van der Waals surface area contributed by atoms with Crippen LogP contribution >= 0.6 is 57.6 Å². The summed E-state index contributed by atoms with van der Waals surface area (Å²) in [5.41, 5.74) is 25.4. The predicted molar refractivity (Wildman–Crippen MR) is 475 cm³/mol. The Morgan fingerprint density at radius 3 is 0.961 bits per heavy atom. The zero-order chi connectivity index (χ0) is 92.3. The molecule has 0 amide bonds. The Bertz CT molecular complexity index is 5830. The summed E-state index contributed by atoms with van der Waals surface area (Å²) < 4.78 is 119. The van der Waals surface area contributed by atoms with Gasteiger partial charge in [0.05, 0.1) is 102 Å². The molecule has 4 unspecified atom stereocenters. The summed E-state index contributed by atoms with van der Waals surface area (Å²) in [7, 11) is -14.1. The summed E-state index contributed by atoms with van der Waals surface area (Å²) in [6.45, 7) is 13.7. The number of benzene rings is 4. The van der Waals surface area contributed by atoms with E-state index in [1.54, 1.807) is 76.3 Å². The molecule has 0 spiro atoms. The topological polar surface area (TPSA) is 617 Å². The lowest BCUT2D eigenvalue weighted by molar-refractivity contribution is -0.119. The van der Waals surface area contributed by atoms with Crippen molar-refractivity contribution in [2.45, 2.75) is 132 Å². The van der Waals surface area contributed by atoms with Crippen LogP contribution in [0.15, 0.2) is 152 Å². The SMILES string of the molecule is CC(=O)[C@H](C)NP(=O)(COCCn1cnc2c(=O)[nH]c(N)nc21)OCc1cccc(Br)c1.CC(=O)[C@H](C)NP(=O)(COCCn1cnc2c(=O)[nH]c(N)nc21)OCc1cccc(Cl)c1.CC(=O)[C@H](C)NP(=O)(COCCn1cnc2c(=O)[nH]c(N)nc21)OCc1cccc(F)c1.CC(=O)[C@H](C)NP(=O)(COCCn1cnc2c(=O)[nH]c(N)nc21)OCc1ccccc1. The Balaban J connectivity index is 0.000000191. The van der Waals surface area contributed by atoms with E-state index >= 15 is 0 Å². The van der Waals surface area contributed by atoms with Crippen molar-refractivity contribution in [3.63, 3.8) is 0 Å². The van der Waals surface area contributed by atoms with Gasteiger partial charge in [0.15, 0.2) is 44.7 Å². The Labute approximate surface area is 736 Å². The average Bonchev–Trinajstić information content (AvgIpc) is 1.68. The van der Waals surface area contributed by atoms with Crippen LogP contribution in [0.2, 0.25) is 5.02 Å². The molecule has 0 bridgehead atoms. The largest absolute Gasteiger partial charge is 0.369 e. The molecule has 12 aromatic rings. The summed E-state index contributed by atoms with van der Waals surface area (Å²) in [6, 6.07) is 26.6. The number of nitrogens with one attached hydrogen (secondary N) is 8. The molecule has 8 heterocycles. The fraction of sp³-hybridized carbons (Fsp3) is 0.368. The molecule has 44 nitrogen and oxygen atoms in total. The summed E-state index contributed by atoms with van der Waals surface area (Å²) >= 11 is 9.37. The third-order valence-corrected chi connectivity index (χ3v) is 26.3. The first-order valence-corrected chi connectivity index (χ1v) is 47.2. The van der Waals surface area contributed by atoms with Crippen LogP contribution in [0.5, 0.6) is 0 Å². The summed E-state index contributed by atoms with van der Waals surface area (Å²) in [5, 5.41) is 11.5. The number of ether oxygens (including phenoxy) is 4. The van der Waals surface area contributed by atoms with Crippen molar-refractivity contribution >= 4 is 149 Å². The number of nitrogen functional groups attached to an aromatic ring is 4. The molecule has 8 atom stereocenters. The number of hydrogen-bond donors (Lipinski definition) is 12. The third-order valence-electron chi connectivity index (χ3n) is 18.2. The number of imidazole rings is 4. The van der Waals surface area contributed by atoms with E-state index in [0.717, 1.165) is 21.2 Å². The molecule has 4 aromatic carbocycles. The second-order valence-corrected chi connectivity index (χ2v) is 38.2. The molecule has 51 heteroatoms. The van der Waals surface area contributed by atoms with Gasteiger partial charge in [0, 0.05) is 35.7 Å². The zero-order valence-electron chi connectivity index (χ0n) is 70.0. The quantitative estimate of drug-likeness (QED) is 0.0126. The number of aromatic nitrogens is 16. The molecule has 0 saturated carbocycles. The standard InChI is InChI=1S/C19H24BrN6O5P.C19H24ClN6O5P.C19H24FN6O5P.C19H25N6O5P/c3*1-12(13(2)27)25-32(29,31-9-14-4-3-5-15(20)8-14)11-30-7-6-26-10-22-16-17(26)23-19(21)24-18(16)28;1-13(14(2)26)24-31(28,30-10-15-6-4-3-5-7-15)12-29-9-8-25-11-21-16-17(25)22-19(20)23-18(16)27/h3*3-5,8,10,12H,6-7,9,11H2,1-2H3,(H,25,29)(H3,21,23,24,28);3-7,11,13H,8-10,12H2,1-2H3,(H,24,28)(H3,20,22,23,27)/t3*12-,32?;13-,31?/m0000/s1. The molecule has 0 saturated heterocycles. The minimum absolute atomic E-state index is 0.0126. The first-order valence-electron chi connectivity index (χ1n) is 38.8. The van der Waals surface area contributed by atoms with Crippen LogP contribution in [-0.4, -0.2) is 177 Å². The number of nitrogens with two attached hydrogens (primary N) is 4. The zero-order valence-corrected chi connectivity index (χ0v) is 75.9. The molecule has 16 N–H and O–H groups in total. The van der Waals surface area contributed by atoms with Crippen LogP contribution in [0, 0.1) is 5.82 Å². The van der Waals surface area contributed by atoms with Gasteiger partial charge in [-0.05, 0) is 114 Å². The van der Waals surface area contributed by atoms with E-state index in [1.807, 2.05) is 54.6 Å². The lowest BCUT2D eigenvalue weighted by Crippen LogP contribution is -2.32. The second-order valence-electron chi connectivity index (χ2n) is 28.4. The van der Waals surface area contributed by atoms with E-state index in [-0.39, 0.29) is 160 Å². The molecular formula is C76H97BrClFN24O20P4. The number of nitrogens with zero attached hydrogens (tertiary/aromatic N) is 12. The summed E-state index contributed by atoms with van der Waals surface area (Å²) in [5.74, 6) is -1.28. The third kappa shape index (κ3) is 30.8. The molecule has 12 rings (SSSR count). The van der Waals surface area contributed by atoms with Gasteiger partial charge in [-0.3, -0.25) is 76.6 Å². The molecule has 0 aliphatic carbocycles. The van der Waals surface area contributed by atoms with Crippen LogP contribution in [0.4, 0.5) is 28.2 Å². The van der Waals surface area contributed by atoms with Gasteiger partial charge >= 0.3 is 0 Å². The van der Waals surface area contributed by atoms with Crippen LogP contribution in [0.1, 0.15) is 77.6 Å². The number of anilines is 4. The molecule has 0 aliphatic heterocycles. The van der Waals surface area contributed by atoms with Crippen LogP contribution in [0.25, 0.3) is 44.7 Å². The highest BCUT2D eigenvalue weighted by Crippen LogP contribution is 2.47. The van der Waals surface area contributed by atoms with Gasteiger partial charge in [0.1, 0.15) is 54.3 Å². The van der Waals surface area contributed by atoms with Crippen molar-refractivity contribution in [3.05, 3.63) is 207 Å². The van der Waals surface area contributed by atoms with E-state index < -0.39 is 82.3 Å². The maximum atomic E-state index is 13.4. The summed E-state index contributed by atoms with van der Waals surface area (Å²) in [4.78, 5) is 136. The molecule has 0 radical (unpaired) electrons. The smallest absolute Gasteiger partial charge is 0.295 e. The second kappa shape index (κ2) is 46.9. The Hall–Kier alpha value is -10.7. The van der Waals surface area contributed by atoms with Crippen LogP contribution in [-0.2, 0) is 127 Å². The minimum atomic E-state index is -3.61. The minimum Gasteiger partial charge on any atom is -0.369 e. The molecular weight excluding hydrogens is 1830 g/mol. The first-order chi connectivity index (χ1) is 60.3. The normalized spacial score (nSPS) is 14.4. The van der Waals surface area contributed by atoms with Crippen molar-refractivity contribution in [1.29, 1.82) is 0 Å². The highest BCUT2D eigenvalue weighted by atomic mass is 79.9. The lowest BCUT2D eigenvalue weighted by Gasteiger charge is -2.22. The highest BCUT2D eigenvalue weighted by Gasteiger charge is 2.33. The van der Waals surface area contributed by atoms with E-state index in [2.05, 4.69) is 96.1 Å². The van der Waals surface area contributed by atoms with Gasteiger partial charge < -0.3 is 78.2 Å². The molecule has 0 fully saturated rings. The van der Waals surface area contributed by atoms with Gasteiger partial charge in [-0.1, -0.05) is 94.3 Å². The number of H-pyrrole nitrogens is 4. The van der Waals surface area contributed by atoms with Gasteiger partial charge in [-0.2, -0.15) is 19.9 Å². The number of aromatic amines is 4. The van der Waals surface area contributed by atoms with Crippen LogP contribution < -0.4 is 65.5 Å². The van der Waals surface area contributed by atoms with E-state index in [4.69, 9.17) is 71.6 Å². The molecule has 682 valence electrons. The highest BCUT2D eigenvalue weighted by molar-refractivity contribution is 9.10. The fourth-order valence-electron chi connectivity index (χ4n) is 11.1. The fourth-order valence-corrected chi connectivity index (χ4v) is 18.6. The molecule has 0 aliphatic rings. The van der Waals surface area contributed by atoms with Gasteiger partial charge in [0.25, 0.3) is 52.3 Å². The first kappa shape index (κ1) is 100. The predicted octanol–water partition coefficient (Wildman–Crippen LogP) is 8.17. The number of carbonyl (C=O) groups is 4. The Morgan fingerprint density at radius 2 is 0.677 bits per heavy atom. The van der Waals surface area contributed by atoms with Crippen molar-refractivity contribution in [1.82, 2.24) is 98.4 Å². The van der Waals surface area contributed by atoms with Crippen LogP contribution in [0.3, 0.4) is 0 Å². The molecule has 8 aromatic heterocycles. The summed E-state index contributed by atoms with van der Waals surface area (Å²) in [6.07, 6.45) is 4.69. The number of rotatable bonds is 44. The van der Waals surface area contributed by atoms with Crippen molar-refractivity contribution in [2.24, 2.45) is 0 Å². The number of carbonyl (C=O) groups excluding carboxylic acids is 4. The number of fused-ring (bicyclic) bond motifs is 4. The number of halogens is 3. The van der Waals surface area contributed by atoms with E-state index in [9.17, 15) is 61.0 Å². The van der Waals surface area contributed by atoms with Gasteiger partial charge in [0.2, 0.25) is 23.8 Å². The molecule has 127 heavy (non-hydrogen) atoms. The number of ketones is 4. The monoisotopic (exact) mass is 1920 g/mol. The lowest BCUT2D eigenvalue weighted by atomic mass is 10.2. The number of Topliss-reactive ketones (excluding diaryl/α,β-unsaturated/α-hetero) is 4. The van der Waals surface area contributed by atoms with Gasteiger partial charge in [-0.15, -0.1) is 0 Å². The van der Waals surface area contributed by atoms with Crippen molar-refractivity contribution < 1.29 is 78.9 Å². The number of hydrogen-bond acceptors (Lipinski definition) is 32. The van der Waals surface area contributed by atoms with Gasteiger partial charge in [-0.25, -0.2) is 44.7 Å². The maximum Gasteiger partial charge on any atom is 0.295 e. The van der Waals surface area contributed by atoms with E-state index in [0.29, 0.717) is 46.3 Å². The Kier molecular flexibility index (Phi) is 36.9. The maximum absolute atomic E-state index is 13.4.